The monoisotopic (exact) mass is 976 g/mol. The molecule has 1 fully saturated rings. The van der Waals surface area contributed by atoms with E-state index >= 15 is 0 Å². The number of hydrogen-bond acceptors (Lipinski definition) is 3. The minimum atomic E-state index is -0.197. The molecule has 4 aliphatic rings. The largest absolute Gasteiger partial charge is 0.334 e. The molecule has 380 valence electrons. The second-order valence-corrected chi connectivity index (χ2v) is 28.5. The number of hydrogen-bond donors (Lipinski definition) is 0. The lowest BCUT2D eigenvalue weighted by atomic mass is 9.33. The van der Waals surface area contributed by atoms with Crippen LogP contribution in [0, 0.1) is 11.3 Å². The molecule has 3 nitrogen and oxygen atoms in total. The maximum atomic E-state index is 2.85. The van der Waals surface area contributed by atoms with E-state index in [1.165, 1.54) is 107 Å². The lowest BCUT2D eigenvalue weighted by molar-refractivity contribution is 0.0786. The van der Waals surface area contributed by atoms with E-state index in [1.807, 2.05) is 0 Å². The van der Waals surface area contributed by atoms with Crippen LogP contribution >= 0.6 is 0 Å². The molecule has 0 spiro atoms. The van der Waals surface area contributed by atoms with Gasteiger partial charge < -0.3 is 14.7 Å². The molecule has 0 amide bonds. The Morgan fingerprint density at radius 1 is 0.446 bits per heavy atom. The number of anilines is 8. The van der Waals surface area contributed by atoms with Crippen molar-refractivity contribution < 1.29 is 0 Å². The number of fused-ring (bicyclic) bond motifs is 7. The first-order chi connectivity index (χ1) is 34.6. The first-order valence-electron chi connectivity index (χ1n) is 27.9. The molecule has 0 aromatic heterocycles. The van der Waals surface area contributed by atoms with Gasteiger partial charge in [-0.15, -0.1) is 0 Å². The third-order valence-corrected chi connectivity index (χ3v) is 18.5. The average molecular weight is 976 g/mol. The Hall–Kier alpha value is -6.00. The smallest absolute Gasteiger partial charge is 0.252 e. The highest BCUT2D eigenvalue weighted by Gasteiger charge is 2.61. The van der Waals surface area contributed by atoms with Gasteiger partial charge in [0, 0.05) is 50.8 Å². The third kappa shape index (κ3) is 7.89. The first kappa shape index (κ1) is 50.2. The van der Waals surface area contributed by atoms with Crippen LogP contribution < -0.4 is 31.1 Å². The normalized spacial score (nSPS) is 20.5. The molecule has 0 radical (unpaired) electrons. The lowest BCUT2D eigenvalue weighted by Gasteiger charge is -2.55. The van der Waals surface area contributed by atoms with Crippen molar-refractivity contribution in [3.63, 3.8) is 0 Å². The molecular formula is C70H82BN3. The first-order valence-corrected chi connectivity index (χ1v) is 27.9. The number of nitrogens with zero attached hydrogens (tertiary/aromatic N) is 3. The summed E-state index contributed by atoms with van der Waals surface area (Å²) in [7, 11) is 0. The molecule has 0 N–H and O–H groups in total. The standard InChI is InChI=1S/C70H82BN3/c1-64(2,3)46-26-23-27-51(38-46)72-60-41-49(67(10,11)12)30-33-56(60)71-55-28-21-22-29-59(55)73(57-34-31-47(65(4,5)6)39-53(57)45-24-19-18-20-25-45)62-43-52(42-61(72)63(62)71)74-58-35-32-48(66(7,8)9)40-54(58)69(16)44-50(68(13,14)15)36-37-70(69,74)17/h18-35,38-43,50H,36-37,44H2,1-17H3. The molecule has 1 saturated carbocycles. The van der Waals surface area contributed by atoms with E-state index < -0.39 is 0 Å². The predicted molar refractivity (Wildman–Crippen MR) is 322 cm³/mol. The topological polar surface area (TPSA) is 9.72 Å². The second kappa shape index (κ2) is 16.8. The summed E-state index contributed by atoms with van der Waals surface area (Å²) in [5, 5.41) is 0. The van der Waals surface area contributed by atoms with Crippen molar-refractivity contribution in [2.75, 3.05) is 14.7 Å². The van der Waals surface area contributed by atoms with Gasteiger partial charge in [0.05, 0.1) is 11.2 Å². The predicted octanol–water partition coefficient (Wildman–Crippen LogP) is 17.6. The molecule has 7 aromatic carbocycles. The van der Waals surface area contributed by atoms with Crippen LogP contribution in [0.25, 0.3) is 11.1 Å². The van der Waals surface area contributed by atoms with Gasteiger partial charge in [-0.25, -0.2) is 0 Å². The van der Waals surface area contributed by atoms with Crippen molar-refractivity contribution in [1.82, 2.24) is 0 Å². The van der Waals surface area contributed by atoms with Gasteiger partial charge >= 0.3 is 0 Å². The highest BCUT2D eigenvalue weighted by atomic mass is 15.3. The number of rotatable bonds is 4. The number of benzene rings is 7. The fraction of sp³-hybridized carbons (Fsp3) is 0.400. The zero-order chi connectivity index (χ0) is 52.9. The molecular weight excluding hydrogens is 894 g/mol. The fourth-order valence-corrected chi connectivity index (χ4v) is 13.6. The molecule has 0 saturated heterocycles. The Morgan fingerprint density at radius 3 is 1.65 bits per heavy atom. The molecule has 11 rings (SSSR count). The van der Waals surface area contributed by atoms with Crippen molar-refractivity contribution in [3.8, 4) is 11.1 Å². The van der Waals surface area contributed by atoms with Crippen LogP contribution in [0.4, 0.5) is 45.5 Å². The SMILES string of the molecule is CC(C)(C)c1cccc(N2c3cc(C(C)(C)C)ccc3B3c4ccccc4N(c4ccc(C(C)(C)C)cc4-c4ccccc4)c4cc(N5c6ccc(C(C)(C)C)cc6C6(C)CC(C(C)(C)C)CCC56C)cc2c43)c1. The number of para-hydroxylation sites is 1. The molecule has 3 heterocycles. The Bertz CT molecular complexity index is 3350. The van der Waals surface area contributed by atoms with E-state index in [1.54, 1.807) is 0 Å². The molecule has 3 atom stereocenters. The van der Waals surface area contributed by atoms with Crippen LogP contribution in [-0.4, -0.2) is 12.3 Å². The van der Waals surface area contributed by atoms with Crippen molar-refractivity contribution >= 4 is 68.6 Å². The van der Waals surface area contributed by atoms with Crippen molar-refractivity contribution in [1.29, 1.82) is 0 Å². The average Bonchev–Trinajstić information content (AvgIpc) is 3.61. The third-order valence-electron chi connectivity index (χ3n) is 18.5. The summed E-state index contributed by atoms with van der Waals surface area (Å²) in [5.74, 6) is 0.607. The zero-order valence-corrected chi connectivity index (χ0v) is 48.0. The van der Waals surface area contributed by atoms with Gasteiger partial charge in [-0.3, -0.25) is 0 Å². The zero-order valence-electron chi connectivity index (χ0n) is 48.0. The van der Waals surface area contributed by atoms with Gasteiger partial charge in [-0.1, -0.05) is 202 Å². The molecule has 74 heavy (non-hydrogen) atoms. The van der Waals surface area contributed by atoms with Gasteiger partial charge in [0.15, 0.2) is 0 Å². The molecule has 3 aliphatic heterocycles. The van der Waals surface area contributed by atoms with E-state index in [0.717, 1.165) is 12.8 Å². The van der Waals surface area contributed by atoms with E-state index in [9.17, 15) is 0 Å². The van der Waals surface area contributed by atoms with Gasteiger partial charge in [-0.05, 0) is 164 Å². The molecule has 0 bridgehead atoms. The van der Waals surface area contributed by atoms with E-state index in [0.29, 0.717) is 5.92 Å². The molecule has 7 aromatic rings. The van der Waals surface area contributed by atoms with Gasteiger partial charge in [-0.2, -0.15) is 0 Å². The van der Waals surface area contributed by atoms with Crippen LogP contribution in [0.1, 0.15) is 165 Å². The summed E-state index contributed by atoms with van der Waals surface area (Å²) < 4.78 is 0. The maximum Gasteiger partial charge on any atom is 0.252 e. The highest BCUT2D eigenvalue weighted by molar-refractivity contribution is 7.00. The van der Waals surface area contributed by atoms with Gasteiger partial charge in [0.25, 0.3) is 6.71 Å². The summed E-state index contributed by atoms with van der Waals surface area (Å²) >= 11 is 0. The van der Waals surface area contributed by atoms with Crippen LogP contribution in [-0.2, 0) is 27.1 Å². The fourth-order valence-electron chi connectivity index (χ4n) is 13.6. The van der Waals surface area contributed by atoms with Gasteiger partial charge in [0.2, 0.25) is 0 Å². The highest BCUT2D eigenvalue weighted by Crippen LogP contribution is 2.64. The van der Waals surface area contributed by atoms with E-state index in [4.69, 9.17) is 0 Å². The summed E-state index contributed by atoms with van der Waals surface area (Å²) in [6.07, 6.45) is 3.45. The second-order valence-electron chi connectivity index (χ2n) is 28.5. The van der Waals surface area contributed by atoms with Crippen LogP contribution in [0.2, 0.25) is 0 Å². The van der Waals surface area contributed by atoms with Crippen molar-refractivity contribution in [3.05, 3.63) is 173 Å². The van der Waals surface area contributed by atoms with Crippen molar-refractivity contribution in [2.45, 2.75) is 170 Å². The molecule has 4 heteroatoms. The minimum absolute atomic E-state index is 0.00451. The summed E-state index contributed by atoms with van der Waals surface area (Å²) in [6, 6.07) is 57.5. The maximum absolute atomic E-state index is 2.85. The Morgan fingerprint density at radius 2 is 1.00 bits per heavy atom. The Balaban J connectivity index is 1.28. The summed E-state index contributed by atoms with van der Waals surface area (Å²) in [4.78, 5) is 8.19. The van der Waals surface area contributed by atoms with E-state index in [-0.39, 0.29) is 44.7 Å². The van der Waals surface area contributed by atoms with Crippen molar-refractivity contribution in [2.24, 2.45) is 11.3 Å². The summed E-state index contributed by atoms with van der Waals surface area (Å²) in [6.45, 7) is 40.9. The van der Waals surface area contributed by atoms with Gasteiger partial charge in [0.1, 0.15) is 0 Å². The molecule has 1 aliphatic carbocycles. The minimum Gasteiger partial charge on any atom is -0.334 e. The van der Waals surface area contributed by atoms with Crippen LogP contribution in [0.3, 0.4) is 0 Å². The van der Waals surface area contributed by atoms with E-state index in [2.05, 4.69) is 278 Å². The van der Waals surface area contributed by atoms with Crippen LogP contribution in [0.15, 0.2) is 146 Å². The quantitative estimate of drug-likeness (QED) is 0.163. The van der Waals surface area contributed by atoms with Crippen LogP contribution in [0.5, 0.6) is 0 Å². The molecule has 3 unspecified atom stereocenters. The Kier molecular flexibility index (Phi) is 11.4. The summed E-state index contributed by atoms with van der Waals surface area (Å²) in [5.41, 5.74) is 23.3. The Labute approximate surface area is 446 Å². The lowest BCUT2D eigenvalue weighted by Crippen LogP contribution is -2.61.